The molecule has 0 fully saturated rings. The summed E-state index contributed by atoms with van der Waals surface area (Å²) in [7, 11) is 0. The average molecular weight is 321 g/mol. The zero-order valence-electron chi connectivity index (χ0n) is 15.3. The standard InChI is InChI=1S/C18H31N3O2/c1-17(2,3)21(16(22)23-18(4,5)6)13-12-19-11-9-15-8-7-10-20-14-15/h7-8,10,14,19H,9,11-13H2,1-6H3. The molecule has 1 aromatic rings. The second-order valence-corrected chi connectivity index (χ2v) is 7.66. The summed E-state index contributed by atoms with van der Waals surface area (Å²) in [6.07, 6.45) is 4.32. The Balaban J connectivity index is 2.41. The Kier molecular flexibility index (Phi) is 7.01. The molecule has 5 nitrogen and oxygen atoms in total. The lowest BCUT2D eigenvalue weighted by Gasteiger charge is -2.36. The number of pyridine rings is 1. The predicted molar refractivity (Wildman–Crippen MR) is 93.5 cm³/mol. The van der Waals surface area contributed by atoms with E-state index in [1.54, 1.807) is 11.1 Å². The Morgan fingerprint density at radius 3 is 2.43 bits per heavy atom. The first-order valence-corrected chi connectivity index (χ1v) is 8.20. The normalized spacial score (nSPS) is 12.1. The monoisotopic (exact) mass is 321 g/mol. The molecule has 0 saturated carbocycles. The molecule has 0 aliphatic heterocycles. The molecular formula is C18H31N3O2. The van der Waals surface area contributed by atoms with Gasteiger partial charge >= 0.3 is 6.09 Å². The van der Waals surface area contributed by atoms with Crippen LogP contribution < -0.4 is 5.32 Å². The van der Waals surface area contributed by atoms with E-state index in [2.05, 4.69) is 16.4 Å². The molecular weight excluding hydrogens is 290 g/mol. The molecule has 0 aliphatic carbocycles. The van der Waals surface area contributed by atoms with E-state index in [0.29, 0.717) is 6.54 Å². The van der Waals surface area contributed by atoms with Crippen molar-refractivity contribution in [3.8, 4) is 0 Å². The van der Waals surface area contributed by atoms with E-state index in [1.807, 2.05) is 53.8 Å². The fraction of sp³-hybridized carbons (Fsp3) is 0.667. The lowest BCUT2D eigenvalue weighted by molar-refractivity contribution is 0.00666. The molecule has 1 heterocycles. The molecule has 5 heteroatoms. The Hall–Kier alpha value is -1.62. The van der Waals surface area contributed by atoms with Crippen LogP contribution in [0.5, 0.6) is 0 Å². The third-order valence-electron chi connectivity index (χ3n) is 3.25. The number of carbonyl (C=O) groups excluding carboxylic acids is 1. The minimum Gasteiger partial charge on any atom is -0.444 e. The van der Waals surface area contributed by atoms with Gasteiger partial charge in [-0.2, -0.15) is 0 Å². The molecule has 23 heavy (non-hydrogen) atoms. The van der Waals surface area contributed by atoms with E-state index in [4.69, 9.17) is 4.74 Å². The second kappa shape index (κ2) is 8.29. The molecule has 0 bridgehead atoms. The second-order valence-electron chi connectivity index (χ2n) is 7.66. The van der Waals surface area contributed by atoms with Crippen molar-refractivity contribution in [2.24, 2.45) is 0 Å². The Morgan fingerprint density at radius 2 is 1.91 bits per heavy atom. The Bertz CT molecular complexity index is 475. The summed E-state index contributed by atoms with van der Waals surface area (Å²) < 4.78 is 5.50. The van der Waals surface area contributed by atoms with Gasteiger partial charge in [-0.15, -0.1) is 0 Å². The van der Waals surface area contributed by atoms with Gasteiger partial charge in [0, 0.05) is 31.0 Å². The van der Waals surface area contributed by atoms with Gasteiger partial charge in [-0.25, -0.2) is 4.79 Å². The van der Waals surface area contributed by atoms with Gasteiger partial charge in [0.25, 0.3) is 0 Å². The number of carbonyl (C=O) groups is 1. The molecule has 1 rings (SSSR count). The molecule has 0 radical (unpaired) electrons. The number of ether oxygens (including phenoxy) is 1. The van der Waals surface area contributed by atoms with E-state index in [1.165, 1.54) is 5.56 Å². The number of hydrogen-bond acceptors (Lipinski definition) is 4. The zero-order chi connectivity index (χ0) is 17.5. The summed E-state index contributed by atoms with van der Waals surface area (Å²) >= 11 is 0. The van der Waals surface area contributed by atoms with E-state index >= 15 is 0 Å². The van der Waals surface area contributed by atoms with Crippen LogP contribution in [0.15, 0.2) is 24.5 Å². The van der Waals surface area contributed by atoms with Crippen molar-refractivity contribution in [3.05, 3.63) is 30.1 Å². The maximum absolute atomic E-state index is 12.4. The van der Waals surface area contributed by atoms with Crippen LogP contribution in [0.4, 0.5) is 4.79 Å². The SMILES string of the molecule is CC(C)(C)OC(=O)N(CCNCCc1cccnc1)C(C)(C)C. The van der Waals surface area contributed by atoms with Gasteiger partial charge < -0.3 is 15.0 Å². The molecule has 0 atom stereocenters. The predicted octanol–water partition coefficient (Wildman–Crippen LogP) is 3.25. The highest BCUT2D eigenvalue weighted by Crippen LogP contribution is 2.17. The van der Waals surface area contributed by atoms with Gasteiger partial charge in [-0.05, 0) is 66.1 Å². The first-order chi connectivity index (χ1) is 10.6. The first-order valence-electron chi connectivity index (χ1n) is 8.20. The number of nitrogens with one attached hydrogen (secondary N) is 1. The molecule has 1 amide bonds. The molecule has 0 spiro atoms. The van der Waals surface area contributed by atoms with Gasteiger partial charge in [-0.3, -0.25) is 4.98 Å². The molecule has 130 valence electrons. The van der Waals surface area contributed by atoms with Crippen molar-refractivity contribution in [3.63, 3.8) is 0 Å². The van der Waals surface area contributed by atoms with Crippen molar-refractivity contribution in [2.45, 2.75) is 59.1 Å². The van der Waals surface area contributed by atoms with Crippen LogP contribution in [0.3, 0.4) is 0 Å². The fourth-order valence-electron chi connectivity index (χ4n) is 2.11. The molecule has 1 aromatic heterocycles. The quantitative estimate of drug-likeness (QED) is 0.817. The highest BCUT2D eigenvalue weighted by atomic mass is 16.6. The summed E-state index contributed by atoms with van der Waals surface area (Å²) in [6, 6.07) is 4.01. The lowest BCUT2D eigenvalue weighted by Crippen LogP contribution is -2.50. The van der Waals surface area contributed by atoms with Crippen molar-refractivity contribution in [1.29, 1.82) is 0 Å². The minimum absolute atomic E-state index is 0.265. The van der Waals surface area contributed by atoms with Crippen molar-refractivity contribution in [1.82, 2.24) is 15.2 Å². The number of amides is 1. The van der Waals surface area contributed by atoms with Crippen LogP contribution in [0.1, 0.15) is 47.1 Å². The van der Waals surface area contributed by atoms with E-state index in [0.717, 1.165) is 19.5 Å². The fourth-order valence-corrected chi connectivity index (χ4v) is 2.11. The summed E-state index contributed by atoms with van der Waals surface area (Å²) in [4.78, 5) is 18.2. The maximum Gasteiger partial charge on any atom is 0.410 e. The molecule has 0 saturated heterocycles. The Morgan fingerprint density at radius 1 is 1.22 bits per heavy atom. The smallest absolute Gasteiger partial charge is 0.410 e. The highest BCUT2D eigenvalue weighted by molar-refractivity contribution is 5.69. The number of hydrogen-bond donors (Lipinski definition) is 1. The van der Waals surface area contributed by atoms with Crippen LogP contribution in [0.25, 0.3) is 0 Å². The third-order valence-corrected chi connectivity index (χ3v) is 3.25. The summed E-state index contributed by atoms with van der Waals surface area (Å²) in [5, 5.41) is 3.38. The van der Waals surface area contributed by atoms with Gasteiger partial charge in [0.05, 0.1) is 0 Å². The van der Waals surface area contributed by atoms with Crippen molar-refractivity contribution < 1.29 is 9.53 Å². The summed E-state index contributed by atoms with van der Waals surface area (Å²) in [5.74, 6) is 0. The van der Waals surface area contributed by atoms with E-state index in [9.17, 15) is 4.79 Å². The lowest BCUT2D eigenvalue weighted by atomic mass is 10.1. The van der Waals surface area contributed by atoms with Gasteiger partial charge in [0.1, 0.15) is 5.60 Å². The Labute approximate surface area is 140 Å². The third kappa shape index (κ3) is 7.98. The van der Waals surface area contributed by atoms with Gasteiger partial charge in [0.15, 0.2) is 0 Å². The molecule has 1 N–H and O–H groups in total. The molecule has 0 aliphatic rings. The van der Waals surface area contributed by atoms with E-state index in [-0.39, 0.29) is 11.6 Å². The molecule has 0 unspecified atom stereocenters. The number of nitrogens with zero attached hydrogens (tertiary/aromatic N) is 2. The van der Waals surface area contributed by atoms with Gasteiger partial charge in [0.2, 0.25) is 0 Å². The van der Waals surface area contributed by atoms with Crippen LogP contribution in [-0.4, -0.2) is 46.8 Å². The topological polar surface area (TPSA) is 54.5 Å². The van der Waals surface area contributed by atoms with Gasteiger partial charge in [-0.1, -0.05) is 6.07 Å². The van der Waals surface area contributed by atoms with Crippen molar-refractivity contribution in [2.75, 3.05) is 19.6 Å². The largest absolute Gasteiger partial charge is 0.444 e. The number of aromatic nitrogens is 1. The van der Waals surface area contributed by atoms with Crippen LogP contribution in [0.2, 0.25) is 0 Å². The van der Waals surface area contributed by atoms with Crippen LogP contribution in [0, 0.1) is 0 Å². The van der Waals surface area contributed by atoms with Crippen LogP contribution in [-0.2, 0) is 11.2 Å². The molecule has 0 aromatic carbocycles. The first kappa shape index (κ1) is 19.4. The summed E-state index contributed by atoms with van der Waals surface area (Å²) in [6.45, 7) is 13.9. The summed E-state index contributed by atoms with van der Waals surface area (Å²) in [5.41, 5.74) is 0.460. The average Bonchev–Trinajstić information content (AvgIpc) is 2.40. The van der Waals surface area contributed by atoms with Crippen molar-refractivity contribution >= 4 is 6.09 Å². The number of rotatable bonds is 6. The van der Waals surface area contributed by atoms with Crippen LogP contribution >= 0.6 is 0 Å². The minimum atomic E-state index is -0.478. The van der Waals surface area contributed by atoms with E-state index < -0.39 is 5.60 Å². The zero-order valence-corrected chi connectivity index (χ0v) is 15.3. The maximum atomic E-state index is 12.4. The highest BCUT2D eigenvalue weighted by Gasteiger charge is 2.30.